The molecule has 1 aromatic carbocycles. The lowest BCUT2D eigenvalue weighted by atomic mass is 10.2. The van der Waals surface area contributed by atoms with Gasteiger partial charge in [0.25, 0.3) is 0 Å². The summed E-state index contributed by atoms with van der Waals surface area (Å²) in [5.41, 5.74) is 1.19. The van der Waals surface area contributed by atoms with Gasteiger partial charge in [-0.05, 0) is 18.5 Å². The van der Waals surface area contributed by atoms with Crippen molar-refractivity contribution in [1.82, 2.24) is 5.32 Å². The average molecular weight is 211 g/mol. The van der Waals surface area contributed by atoms with E-state index < -0.39 is 0 Å². The summed E-state index contributed by atoms with van der Waals surface area (Å²) in [4.78, 5) is 0. The van der Waals surface area contributed by atoms with Crippen molar-refractivity contribution in [2.45, 2.75) is 13.0 Å². The van der Waals surface area contributed by atoms with E-state index in [0.29, 0.717) is 19.8 Å². The average Bonchev–Trinajstić information content (AvgIpc) is 2.29. The third-order valence-electron chi connectivity index (χ3n) is 2.03. The van der Waals surface area contributed by atoms with Crippen molar-refractivity contribution in [1.29, 1.82) is 0 Å². The van der Waals surface area contributed by atoms with E-state index in [-0.39, 0.29) is 6.67 Å². The Bertz CT molecular complexity index is 241. The minimum atomic E-state index is -0.301. The van der Waals surface area contributed by atoms with E-state index in [4.69, 9.17) is 4.74 Å². The van der Waals surface area contributed by atoms with Crippen LogP contribution in [0.4, 0.5) is 4.39 Å². The topological polar surface area (TPSA) is 21.3 Å². The molecule has 1 aromatic rings. The molecule has 0 aliphatic carbocycles. The third-order valence-corrected chi connectivity index (χ3v) is 2.03. The summed E-state index contributed by atoms with van der Waals surface area (Å²) in [5.74, 6) is 0. The maximum atomic E-state index is 11.7. The summed E-state index contributed by atoms with van der Waals surface area (Å²) in [6.45, 7) is 2.33. The van der Waals surface area contributed by atoms with Crippen LogP contribution in [-0.4, -0.2) is 26.4 Å². The fourth-order valence-electron chi connectivity index (χ4n) is 1.26. The molecule has 0 saturated carbocycles. The Kier molecular flexibility index (Phi) is 6.79. The van der Waals surface area contributed by atoms with Gasteiger partial charge in [-0.15, -0.1) is 0 Å². The van der Waals surface area contributed by atoms with Crippen molar-refractivity contribution in [3.63, 3.8) is 0 Å². The van der Waals surface area contributed by atoms with Crippen LogP contribution in [0, 0.1) is 0 Å². The summed E-state index contributed by atoms with van der Waals surface area (Å²) in [6, 6.07) is 10.1. The molecule has 0 atom stereocenters. The highest BCUT2D eigenvalue weighted by molar-refractivity contribution is 5.13. The van der Waals surface area contributed by atoms with E-state index in [9.17, 15) is 4.39 Å². The molecule has 84 valence electrons. The Balaban J connectivity index is 1.93. The molecule has 0 radical (unpaired) electrons. The molecule has 15 heavy (non-hydrogen) atoms. The van der Waals surface area contributed by atoms with Crippen LogP contribution in [0.2, 0.25) is 0 Å². The highest BCUT2D eigenvalue weighted by Gasteiger charge is 1.92. The van der Waals surface area contributed by atoms with Gasteiger partial charge in [-0.2, -0.15) is 0 Å². The highest BCUT2D eigenvalue weighted by Crippen LogP contribution is 2.00. The first-order chi connectivity index (χ1) is 7.43. The monoisotopic (exact) mass is 211 g/mol. The van der Waals surface area contributed by atoms with E-state index in [0.717, 1.165) is 13.0 Å². The molecule has 0 aliphatic heterocycles. The van der Waals surface area contributed by atoms with Gasteiger partial charge in [0.05, 0.1) is 6.61 Å². The van der Waals surface area contributed by atoms with Gasteiger partial charge in [0.15, 0.2) is 0 Å². The van der Waals surface area contributed by atoms with Crippen LogP contribution in [0.1, 0.15) is 12.0 Å². The first kappa shape index (κ1) is 12.1. The summed E-state index contributed by atoms with van der Waals surface area (Å²) in [6.07, 6.45) is 0.923. The lowest BCUT2D eigenvalue weighted by molar-refractivity contribution is 0.118. The Hall–Kier alpha value is -0.930. The van der Waals surface area contributed by atoms with E-state index in [2.05, 4.69) is 5.32 Å². The normalized spacial score (nSPS) is 10.5. The van der Waals surface area contributed by atoms with Crippen LogP contribution >= 0.6 is 0 Å². The number of rotatable bonds is 8. The number of benzene rings is 1. The Morgan fingerprint density at radius 1 is 1.13 bits per heavy atom. The fourth-order valence-corrected chi connectivity index (χ4v) is 1.26. The molecule has 0 bridgehead atoms. The molecule has 1 N–H and O–H groups in total. The second-order valence-corrected chi connectivity index (χ2v) is 3.33. The maximum Gasteiger partial charge on any atom is 0.102 e. The number of halogens is 1. The Labute approximate surface area is 90.4 Å². The van der Waals surface area contributed by atoms with Gasteiger partial charge >= 0.3 is 0 Å². The van der Waals surface area contributed by atoms with Crippen molar-refractivity contribution >= 4 is 0 Å². The first-order valence-electron chi connectivity index (χ1n) is 5.32. The molecule has 0 fully saturated rings. The molecule has 1 rings (SSSR count). The molecule has 0 aliphatic rings. The molecule has 0 saturated heterocycles. The summed E-state index contributed by atoms with van der Waals surface area (Å²) < 4.78 is 17.2. The molecular formula is C12H18FNO. The standard InChI is InChI=1S/C12H18FNO/c13-7-9-14-8-4-10-15-11-12-5-2-1-3-6-12/h1-3,5-6,14H,4,7-11H2. The van der Waals surface area contributed by atoms with Gasteiger partial charge in [0.2, 0.25) is 0 Å². The van der Waals surface area contributed by atoms with Crippen molar-refractivity contribution in [2.75, 3.05) is 26.4 Å². The van der Waals surface area contributed by atoms with Gasteiger partial charge in [0.1, 0.15) is 6.67 Å². The fraction of sp³-hybridized carbons (Fsp3) is 0.500. The zero-order valence-electron chi connectivity index (χ0n) is 8.92. The van der Waals surface area contributed by atoms with Crippen molar-refractivity contribution in [2.24, 2.45) is 0 Å². The molecule has 0 aromatic heterocycles. The van der Waals surface area contributed by atoms with E-state index in [1.807, 2.05) is 30.3 Å². The molecular weight excluding hydrogens is 193 g/mol. The smallest absolute Gasteiger partial charge is 0.102 e. The van der Waals surface area contributed by atoms with Gasteiger partial charge in [-0.3, -0.25) is 0 Å². The zero-order valence-corrected chi connectivity index (χ0v) is 8.92. The van der Waals surface area contributed by atoms with E-state index in [1.54, 1.807) is 0 Å². The molecule has 2 nitrogen and oxygen atoms in total. The van der Waals surface area contributed by atoms with Gasteiger partial charge in [0, 0.05) is 13.2 Å². The molecule has 0 spiro atoms. The minimum Gasteiger partial charge on any atom is -0.377 e. The predicted octanol–water partition coefficient (Wildman–Crippen LogP) is 2.15. The molecule has 0 amide bonds. The number of hydrogen-bond donors (Lipinski definition) is 1. The van der Waals surface area contributed by atoms with Crippen molar-refractivity contribution < 1.29 is 9.13 Å². The second kappa shape index (κ2) is 8.38. The number of nitrogens with one attached hydrogen (secondary N) is 1. The molecule has 0 unspecified atom stereocenters. The predicted molar refractivity (Wildman–Crippen MR) is 59.6 cm³/mol. The zero-order chi connectivity index (χ0) is 10.8. The van der Waals surface area contributed by atoms with Crippen LogP contribution in [0.25, 0.3) is 0 Å². The maximum absolute atomic E-state index is 11.7. The largest absolute Gasteiger partial charge is 0.377 e. The van der Waals surface area contributed by atoms with Crippen LogP contribution < -0.4 is 5.32 Å². The number of ether oxygens (including phenoxy) is 1. The number of hydrogen-bond acceptors (Lipinski definition) is 2. The molecule has 3 heteroatoms. The highest BCUT2D eigenvalue weighted by atomic mass is 19.1. The first-order valence-corrected chi connectivity index (χ1v) is 5.32. The Morgan fingerprint density at radius 3 is 2.67 bits per heavy atom. The van der Waals surface area contributed by atoms with Gasteiger partial charge < -0.3 is 10.1 Å². The van der Waals surface area contributed by atoms with Crippen LogP contribution in [0.5, 0.6) is 0 Å². The lowest BCUT2D eigenvalue weighted by Crippen LogP contribution is -2.19. The van der Waals surface area contributed by atoms with E-state index in [1.165, 1.54) is 5.56 Å². The minimum absolute atomic E-state index is 0.301. The van der Waals surface area contributed by atoms with Crippen molar-refractivity contribution in [3.05, 3.63) is 35.9 Å². The van der Waals surface area contributed by atoms with Crippen LogP contribution in [-0.2, 0) is 11.3 Å². The van der Waals surface area contributed by atoms with Crippen molar-refractivity contribution in [3.8, 4) is 0 Å². The van der Waals surface area contributed by atoms with Crippen LogP contribution in [0.3, 0.4) is 0 Å². The summed E-state index contributed by atoms with van der Waals surface area (Å²) in [5, 5.41) is 2.98. The van der Waals surface area contributed by atoms with Crippen LogP contribution in [0.15, 0.2) is 30.3 Å². The van der Waals surface area contributed by atoms with Gasteiger partial charge in [-0.25, -0.2) is 4.39 Å². The SMILES string of the molecule is FCCNCCCOCc1ccccc1. The second-order valence-electron chi connectivity index (χ2n) is 3.33. The number of alkyl halides is 1. The molecule has 0 heterocycles. The van der Waals surface area contributed by atoms with Gasteiger partial charge in [-0.1, -0.05) is 30.3 Å². The quantitative estimate of drug-likeness (QED) is 0.665. The van der Waals surface area contributed by atoms with E-state index >= 15 is 0 Å². The third kappa shape index (κ3) is 6.20. The lowest BCUT2D eigenvalue weighted by Gasteiger charge is -2.04. The summed E-state index contributed by atoms with van der Waals surface area (Å²) >= 11 is 0. The summed E-state index contributed by atoms with van der Waals surface area (Å²) in [7, 11) is 0. The Morgan fingerprint density at radius 2 is 1.93 bits per heavy atom.